The maximum absolute atomic E-state index is 12.8. The van der Waals surface area contributed by atoms with Crippen molar-refractivity contribution in [3.05, 3.63) is 54.1 Å². The van der Waals surface area contributed by atoms with Gasteiger partial charge in [-0.25, -0.2) is 8.42 Å². The molecule has 2 aromatic rings. The van der Waals surface area contributed by atoms with Gasteiger partial charge in [-0.2, -0.15) is 4.31 Å². The Balaban J connectivity index is 1.42. The highest BCUT2D eigenvalue weighted by atomic mass is 32.2. The van der Waals surface area contributed by atoms with Crippen molar-refractivity contribution < 1.29 is 17.9 Å². The molecule has 0 unspecified atom stereocenters. The first kappa shape index (κ1) is 21.4. The molecule has 0 saturated carbocycles. The fourth-order valence-electron chi connectivity index (χ4n) is 3.72. The summed E-state index contributed by atoms with van der Waals surface area (Å²) >= 11 is 1.63. The molecule has 8 heteroatoms. The fourth-order valence-corrected chi connectivity index (χ4v) is 6.36. The van der Waals surface area contributed by atoms with Crippen molar-refractivity contribution >= 4 is 33.4 Å². The Bertz CT molecular complexity index is 980. The van der Waals surface area contributed by atoms with Crippen LogP contribution in [0.25, 0.3) is 0 Å². The van der Waals surface area contributed by atoms with E-state index in [4.69, 9.17) is 4.74 Å². The summed E-state index contributed by atoms with van der Waals surface area (Å²) in [6.45, 7) is 1.96. The first-order chi connectivity index (χ1) is 14.5. The van der Waals surface area contributed by atoms with Gasteiger partial charge in [0.2, 0.25) is 10.0 Å². The highest BCUT2D eigenvalue weighted by Gasteiger charge is 2.27. The van der Waals surface area contributed by atoms with Gasteiger partial charge < -0.3 is 10.1 Å². The molecule has 0 radical (unpaired) electrons. The number of nitrogens with zero attached hydrogens (tertiary/aromatic N) is 1. The van der Waals surface area contributed by atoms with Crippen LogP contribution in [-0.4, -0.2) is 50.2 Å². The van der Waals surface area contributed by atoms with Crippen molar-refractivity contribution in [1.29, 1.82) is 0 Å². The molecule has 2 aliphatic rings. The predicted molar refractivity (Wildman–Crippen MR) is 119 cm³/mol. The number of hydrogen-bond donors (Lipinski definition) is 1. The Labute approximate surface area is 182 Å². The largest absolute Gasteiger partial charge is 0.377 e. The zero-order valence-electron chi connectivity index (χ0n) is 16.7. The topological polar surface area (TPSA) is 75.7 Å². The molecular weight excluding hydrogens is 420 g/mol. The zero-order chi connectivity index (χ0) is 21.0. The molecular formula is C22H26N2O4S2. The Hall–Kier alpha value is -1.87. The second-order valence-corrected chi connectivity index (χ2v) is 10.5. The van der Waals surface area contributed by atoms with Gasteiger partial charge in [0.1, 0.15) is 0 Å². The van der Waals surface area contributed by atoms with E-state index >= 15 is 0 Å². The van der Waals surface area contributed by atoms with E-state index in [0.29, 0.717) is 24.3 Å². The van der Waals surface area contributed by atoms with Crippen LogP contribution < -0.4 is 5.32 Å². The van der Waals surface area contributed by atoms with Crippen molar-refractivity contribution in [2.45, 2.75) is 41.6 Å². The minimum absolute atomic E-state index is 0.208. The predicted octanol–water partition coefficient (Wildman–Crippen LogP) is 3.99. The average Bonchev–Trinajstić information content (AvgIpc) is 3.47. The van der Waals surface area contributed by atoms with E-state index in [0.717, 1.165) is 42.9 Å². The summed E-state index contributed by atoms with van der Waals surface area (Å²) in [4.78, 5) is 14.0. The first-order valence-corrected chi connectivity index (χ1v) is 12.7. The van der Waals surface area contributed by atoms with Gasteiger partial charge in [0.15, 0.2) is 0 Å². The monoisotopic (exact) mass is 446 g/mol. The lowest BCUT2D eigenvalue weighted by molar-refractivity contribution is 0.102. The lowest BCUT2D eigenvalue weighted by Gasteiger charge is -2.16. The summed E-state index contributed by atoms with van der Waals surface area (Å²) < 4.78 is 32.5. The second-order valence-electron chi connectivity index (χ2n) is 7.53. The molecule has 1 N–H and O–H groups in total. The van der Waals surface area contributed by atoms with Crippen LogP contribution >= 0.6 is 11.8 Å². The number of carbonyl (C=O) groups is 1. The Kier molecular flexibility index (Phi) is 6.77. The van der Waals surface area contributed by atoms with E-state index in [2.05, 4.69) is 5.32 Å². The fraction of sp³-hybridized carbons (Fsp3) is 0.409. The van der Waals surface area contributed by atoms with Gasteiger partial charge in [-0.15, -0.1) is 11.8 Å². The number of ether oxygens (including phenoxy) is 1. The van der Waals surface area contributed by atoms with E-state index in [1.807, 2.05) is 18.2 Å². The van der Waals surface area contributed by atoms with Gasteiger partial charge in [-0.1, -0.05) is 12.1 Å². The summed E-state index contributed by atoms with van der Waals surface area (Å²) in [6, 6.07) is 13.9. The standard InChI is InChI=1S/C22H26N2O4S2/c25-22(20-7-1-2-8-21(20)29-16-18-6-5-15-28-18)23-17-9-11-19(12-10-17)30(26,27)24-13-3-4-14-24/h1-2,7-12,18H,3-6,13-16H2,(H,23,25)/t18-/m1/s1. The third-order valence-electron chi connectivity index (χ3n) is 5.40. The van der Waals surface area contributed by atoms with Gasteiger partial charge in [-0.3, -0.25) is 4.79 Å². The highest BCUT2D eigenvalue weighted by molar-refractivity contribution is 7.99. The molecule has 2 aromatic carbocycles. The maximum Gasteiger partial charge on any atom is 0.256 e. The molecule has 1 amide bonds. The van der Waals surface area contributed by atoms with E-state index in [1.54, 1.807) is 42.1 Å². The molecule has 0 bridgehead atoms. The third kappa shape index (κ3) is 4.88. The molecule has 4 rings (SSSR count). The van der Waals surface area contributed by atoms with Crippen molar-refractivity contribution in [3.8, 4) is 0 Å². The normalized spacial score (nSPS) is 19.8. The number of rotatable bonds is 7. The van der Waals surface area contributed by atoms with Gasteiger partial charge in [0.25, 0.3) is 5.91 Å². The van der Waals surface area contributed by atoms with Crippen LogP contribution in [0.15, 0.2) is 58.3 Å². The molecule has 2 saturated heterocycles. The van der Waals surface area contributed by atoms with Crippen LogP contribution in [0.1, 0.15) is 36.0 Å². The van der Waals surface area contributed by atoms with E-state index in [-0.39, 0.29) is 16.9 Å². The van der Waals surface area contributed by atoms with Crippen molar-refractivity contribution in [1.82, 2.24) is 4.31 Å². The Morgan fingerprint density at radius 2 is 1.80 bits per heavy atom. The number of benzene rings is 2. The van der Waals surface area contributed by atoms with Crippen LogP contribution in [0.2, 0.25) is 0 Å². The summed E-state index contributed by atoms with van der Waals surface area (Å²) in [7, 11) is -3.45. The van der Waals surface area contributed by atoms with Gasteiger partial charge in [0.05, 0.1) is 16.6 Å². The molecule has 2 heterocycles. The molecule has 30 heavy (non-hydrogen) atoms. The van der Waals surface area contributed by atoms with Crippen LogP contribution in [0.3, 0.4) is 0 Å². The minimum Gasteiger partial charge on any atom is -0.377 e. The van der Waals surface area contributed by atoms with E-state index in [1.165, 1.54) is 4.31 Å². The van der Waals surface area contributed by atoms with Crippen LogP contribution in [0.4, 0.5) is 5.69 Å². The zero-order valence-corrected chi connectivity index (χ0v) is 18.4. The molecule has 1 atom stereocenters. The van der Waals surface area contributed by atoms with E-state index < -0.39 is 10.0 Å². The van der Waals surface area contributed by atoms with Crippen LogP contribution in [0.5, 0.6) is 0 Å². The van der Waals surface area contributed by atoms with Crippen molar-refractivity contribution in [2.75, 3.05) is 30.8 Å². The molecule has 6 nitrogen and oxygen atoms in total. The first-order valence-electron chi connectivity index (χ1n) is 10.3. The number of hydrogen-bond acceptors (Lipinski definition) is 5. The second kappa shape index (κ2) is 9.51. The molecule has 0 aromatic heterocycles. The molecule has 0 aliphatic carbocycles. The molecule has 160 valence electrons. The third-order valence-corrected chi connectivity index (χ3v) is 8.51. The van der Waals surface area contributed by atoms with Crippen LogP contribution in [0, 0.1) is 0 Å². The number of sulfonamides is 1. The number of amides is 1. The number of carbonyl (C=O) groups excluding carboxylic acids is 1. The minimum atomic E-state index is -3.45. The molecule has 0 spiro atoms. The SMILES string of the molecule is O=C(Nc1ccc(S(=O)(=O)N2CCCC2)cc1)c1ccccc1SC[C@H]1CCCO1. The number of thioether (sulfide) groups is 1. The van der Waals surface area contributed by atoms with Gasteiger partial charge >= 0.3 is 0 Å². The van der Waals surface area contributed by atoms with Gasteiger partial charge in [0, 0.05) is 36.0 Å². The lowest BCUT2D eigenvalue weighted by Crippen LogP contribution is -2.27. The number of nitrogens with one attached hydrogen (secondary N) is 1. The Morgan fingerprint density at radius 1 is 1.07 bits per heavy atom. The van der Waals surface area contributed by atoms with E-state index in [9.17, 15) is 13.2 Å². The van der Waals surface area contributed by atoms with Gasteiger partial charge in [-0.05, 0) is 62.1 Å². The lowest BCUT2D eigenvalue weighted by atomic mass is 10.2. The quantitative estimate of drug-likeness (QED) is 0.651. The van der Waals surface area contributed by atoms with Crippen molar-refractivity contribution in [3.63, 3.8) is 0 Å². The summed E-state index contributed by atoms with van der Waals surface area (Å²) in [5, 5.41) is 2.88. The summed E-state index contributed by atoms with van der Waals surface area (Å²) in [5.74, 6) is 0.619. The van der Waals surface area contributed by atoms with Crippen LogP contribution in [-0.2, 0) is 14.8 Å². The summed E-state index contributed by atoms with van der Waals surface area (Å²) in [6.07, 6.45) is 4.21. The maximum atomic E-state index is 12.8. The van der Waals surface area contributed by atoms with Crippen molar-refractivity contribution in [2.24, 2.45) is 0 Å². The molecule has 2 fully saturated rings. The smallest absolute Gasteiger partial charge is 0.256 e. The number of anilines is 1. The average molecular weight is 447 g/mol. The highest BCUT2D eigenvalue weighted by Crippen LogP contribution is 2.28. The molecule has 2 aliphatic heterocycles. The Morgan fingerprint density at radius 3 is 2.50 bits per heavy atom. The summed E-state index contributed by atoms with van der Waals surface area (Å²) in [5.41, 5.74) is 1.17.